The number of anilines is 2. The molecular weight excluding hydrogens is 438 g/mol. The Bertz CT molecular complexity index is 1100. The van der Waals surface area contributed by atoms with E-state index in [0.29, 0.717) is 28.9 Å². The van der Waals surface area contributed by atoms with Crippen molar-refractivity contribution in [2.45, 2.75) is 25.8 Å². The van der Waals surface area contributed by atoms with Crippen LogP contribution < -0.4 is 21.1 Å². The van der Waals surface area contributed by atoms with E-state index in [1.165, 1.54) is 6.33 Å². The van der Waals surface area contributed by atoms with Gasteiger partial charge in [-0.25, -0.2) is 9.97 Å². The highest BCUT2D eigenvalue weighted by Gasteiger charge is 2.23. The van der Waals surface area contributed by atoms with Gasteiger partial charge in [-0.15, -0.1) is 0 Å². The maximum atomic E-state index is 8.85. The zero-order valence-corrected chi connectivity index (χ0v) is 20.5. The van der Waals surface area contributed by atoms with E-state index in [9.17, 15) is 0 Å². The first-order valence-electron chi connectivity index (χ1n) is 12.2. The third-order valence-corrected chi connectivity index (χ3v) is 6.30. The van der Waals surface area contributed by atoms with Gasteiger partial charge in [0.15, 0.2) is 0 Å². The van der Waals surface area contributed by atoms with Crippen molar-refractivity contribution in [1.29, 1.82) is 5.41 Å². The molecule has 184 valence electrons. The van der Waals surface area contributed by atoms with Crippen LogP contribution in [0.1, 0.15) is 30.9 Å². The molecular formula is C27H35N7O. The van der Waals surface area contributed by atoms with Crippen molar-refractivity contribution in [2.24, 2.45) is 5.92 Å². The lowest BCUT2D eigenvalue weighted by Crippen LogP contribution is -2.42. The van der Waals surface area contributed by atoms with Crippen LogP contribution in [0, 0.1) is 11.3 Å². The van der Waals surface area contributed by atoms with Gasteiger partial charge in [0.25, 0.3) is 0 Å². The number of nitrogen functional groups attached to an aromatic ring is 1. The zero-order valence-electron chi connectivity index (χ0n) is 20.5. The van der Waals surface area contributed by atoms with Crippen molar-refractivity contribution in [3.8, 4) is 11.5 Å². The number of likely N-dealkylation sites (tertiary alicyclic amines) is 1. The Labute approximate surface area is 207 Å². The van der Waals surface area contributed by atoms with Gasteiger partial charge >= 0.3 is 0 Å². The van der Waals surface area contributed by atoms with Crippen LogP contribution in [0.15, 0.2) is 60.9 Å². The van der Waals surface area contributed by atoms with E-state index in [4.69, 9.17) is 15.9 Å². The Balaban J connectivity index is 1.41. The lowest BCUT2D eigenvalue weighted by Gasteiger charge is -2.34. The first kappa shape index (κ1) is 24.6. The minimum Gasteiger partial charge on any atom is -0.457 e. The Hall–Kier alpha value is -3.49. The van der Waals surface area contributed by atoms with Gasteiger partial charge in [-0.1, -0.05) is 25.1 Å². The molecule has 0 bridgehead atoms. The summed E-state index contributed by atoms with van der Waals surface area (Å²) < 4.78 is 5.87. The highest BCUT2D eigenvalue weighted by molar-refractivity contribution is 6.16. The number of piperidine rings is 1. The molecule has 0 aliphatic carbocycles. The van der Waals surface area contributed by atoms with Gasteiger partial charge in [0.05, 0.1) is 11.3 Å². The number of ether oxygens (including phenoxy) is 1. The zero-order chi connectivity index (χ0) is 24.6. The van der Waals surface area contributed by atoms with E-state index >= 15 is 0 Å². The molecule has 1 aliphatic rings. The molecule has 1 aliphatic heterocycles. The molecule has 4 rings (SSSR count). The first-order valence-corrected chi connectivity index (χ1v) is 12.2. The van der Waals surface area contributed by atoms with Crippen LogP contribution >= 0.6 is 0 Å². The minimum atomic E-state index is 0.286. The lowest BCUT2D eigenvalue weighted by molar-refractivity contribution is 0.192. The molecule has 1 unspecified atom stereocenters. The van der Waals surface area contributed by atoms with E-state index < -0.39 is 0 Å². The van der Waals surface area contributed by atoms with Gasteiger partial charge < -0.3 is 26.0 Å². The predicted molar refractivity (Wildman–Crippen MR) is 142 cm³/mol. The topological polar surface area (TPSA) is 112 Å². The normalized spacial score (nSPS) is 15.5. The van der Waals surface area contributed by atoms with E-state index in [2.05, 4.69) is 32.4 Å². The maximum Gasteiger partial charge on any atom is 0.141 e. The molecule has 8 nitrogen and oxygen atoms in total. The van der Waals surface area contributed by atoms with Crippen LogP contribution in [0.4, 0.5) is 11.6 Å². The fourth-order valence-electron chi connectivity index (χ4n) is 4.52. The number of nitrogens with one attached hydrogen (secondary N) is 3. The van der Waals surface area contributed by atoms with Crippen molar-refractivity contribution in [1.82, 2.24) is 20.2 Å². The molecule has 1 saturated heterocycles. The molecule has 1 aromatic heterocycles. The summed E-state index contributed by atoms with van der Waals surface area (Å²) in [6.45, 7) is 6.50. The molecule has 0 amide bonds. The van der Waals surface area contributed by atoms with Crippen molar-refractivity contribution >= 4 is 17.3 Å². The van der Waals surface area contributed by atoms with Crippen molar-refractivity contribution in [3.05, 3.63) is 72.1 Å². The van der Waals surface area contributed by atoms with Crippen LogP contribution in [-0.4, -0.2) is 59.8 Å². The van der Waals surface area contributed by atoms with Gasteiger partial charge in [0.2, 0.25) is 0 Å². The molecule has 2 heterocycles. The van der Waals surface area contributed by atoms with Crippen LogP contribution in [0.25, 0.3) is 0 Å². The van der Waals surface area contributed by atoms with Gasteiger partial charge in [-0.3, -0.25) is 5.41 Å². The fraction of sp³-hybridized carbons (Fsp3) is 0.370. The molecule has 8 heteroatoms. The Morgan fingerprint density at radius 1 is 1.09 bits per heavy atom. The number of hydrogen-bond acceptors (Lipinski definition) is 8. The average Bonchev–Trinajstić information content (AvgIpc) is 2.86. The largest absolute Gasteiger partial charge is 0.457 e. The van der Waals surface area contributed by atoms with Gasteiger partial charge in [-0.2, -0.15) is 0 Å². The number of nitrogens with zero attached hydrogens (tertiary/aromatic N) is 3. The van der Waals surface area contributed by atoms with E-state index in [0.717, 1.165) is 50.3 Å². The van der Waals surface area contributed by atoms with Crippen molar-refractivity contribution in [2.75, 3.05) is 44.3 Å². The highest BCUT2D eigenvalue weighted by Crippen LogP contribution is 2.26. The number of rotatable bonds is 10. The molecule has 1 fully saturated rings. The third kappa shape index (κ3) is 6.55. The standard InChI is InChI=1S/C27H35N7O/c1-19(16-30-2)17-34-14-12-21(13-15-34)33-27-24(26(29)31-18-32-27)25(28)20-8-10-23(11-9-20)35-22-6-4-3-5-7-22/h3-11,18-19,21,28,30H,12-17H2,1-2H3,(H3,29,31,32,33). The molecule has 1 atom stereocenters. The van der Waals surface area contributed by atoms with Crippen LogP contribution in [-0.2, 0) is 0 Å². The summed E-state index contributed by atoms with van der Waals surface area (Å²) in [6.07, 6.45) is 3.50. The summed E-state index contributed by atoms with van der Waals surface area (Å²) in [5.74, 6) is 3.02. The summed E-state index contributed by atoms with van der Waals surface area (Å²) in [4.78, 5) is 11.1. The van der Waals surface area contributed by atoms with Crippen molar-refractivity contribution < 1.29 is 4.74 Å². The van der Waals surface area contributed by atoms with E-state index in [-0.39, 0.29) is 11.8 Å². The van der Waals surface area contributed by atoms with Gasteiger partial charge in [0, 0.05) is 31.2 Å². The van der Waals surface area contributed by atoms with E-state index in [1.54, 1.807) is 0 Å². The number of benzene rings is 2. The van der Waals surface area contributed by atoms with Gasteiger partial charge in [-0.05, 0) is 68.8 Å². The lowest BCUT2D eigenvalue weighted by atomic mass is 10.0. The van der Waals surface area contributed by atoms with E-state index in [1.807, 2.05) is 61.6 Å². The summed E-state index contributed by atoms with van der Waals surface area (Å²) in [7, 11) is 2.00. The summed E-state index contributed by atoms with van der Waals surface area (Å²) in [5, 5.41) is 15.7. The molecule has 0 radical (unpaired) electrons. The summed E-state index contributed by atoms with van der Waals surface area (Å²) in [5.41, 5.74) is 7.78. The third-order valence-electron chi connectivity index (χ3n) is 6.30. The van der Waals surface area contributed by atoms with Crippen molar-refractivity contribution in [3.63, 3.8) is 0 Å². The Morgan fingerprint density at radius 2 is 1.77 bits per heavy atom. The highest BCUT2D eigenvalue weighted by atomic mass is 16.5. The number of aromatic nitrogens is 2. The van der Waals surface area contributed by atoms with Crippen LogP contribution in [0.2, 0.25) is 0 Å². The molecule has 0 saturated carbocycles. The monoisotopic (exact) mass is 473 g/mol. The number of nitrogens with two attached hydrogens (primary N) is 1. The second kappa shape index (κ2) is 11.8. The Kier molecular flexibility index (Phi) is 8.28. The molecule has 0 spiro atoms. The van der Waals surface area contributed by atoms with Crippen LogP contribution in [0.3, 0.4) is 0 Å². The average molecular weight is 474 g/mol. The summed E-state index contributed by atoms with van der Waals surface area (Å²) in [6, 6.07) is 17.3. The summed E-state index contributed by atoms with van der Waals surface area (Å²) >= 11 is 0. The molecule has 2 aromatic carbocycles. The first-order chi connectivity index (χ1) is 17.0. The SMILES string of the molecule is CNCC(C)CN1CCC(Nc2ncnc(N)c2C(=N)c2ccc(Oc3ccccc3)cc2)CC1. The maximum absolute atomic E-state index is 8.85. The van der Waals surface area contributed by atoms with Crippen LogP contribution in [0.5, 0.6) is 11.5 Å². The predicted octanol–water partition coefficient (Wildman–Crippen LogP) is 4.00. The second-order valence-corrected chi connectivity index (χ2v) is 9.18. The molecule has 35 heavy (non-hydrogen) atoms. The molecule has 5 N–H and O–H groups in total. The minimum absolute atomic E-state index is 0.286. The number of hydrogen-bond donors (Lipinski definition) is 4. The smallest absolute Gasteiger partial charge is 0.141 e. The quantitative estimate of drug-likeness (QED) is 0.329. The second-order valence-electron chi connectivity index (χ2n) is 9.18. The van der Waals surface area contributed by atoms with Gasteiger partial charge in [0.1, 0.15) is 29.5 Å². The number of para-hydroxylation sites is 1. The Morgan fingerprint density at radius 3 is 2.46 bits per heavy atom. The molecule has 3 aromatic rings. The fourth-order valence-corrected chi connectivity index (χ4v) is 4.52.